The van der Waals surface area contributed by atoms with Crippen LogP contribution in [-0.4, -0.2) is 27.4 Å². The number of H-pyrrole nitrogens is 1. The molecule has 0 atom stereocenters. The van der Waals surface area contributed by atoms with Crippen LogP contribution in [0.2, 0.25) is 0 Å². The van der Waals surface area contributed by atoms with E-state index in [-0.39, 0.29) is 11.6 Å². The van der Waals surface area contributed by atoms with Gasteiger partial charge >= 0.3 is 0 Å². The van der Waals surface area contributed by atoms with E-state index in [4.69, 9.17) is 4.74 Å². The smallest absolute Gasteiger partial charge is 0.181 e. The minimum atomic E-state index is -0.372. The van der Waals surface area contributed by atoms with E-state index in [9.17, 15) is 9.50 Å². The number of phenols is 1. The number of phenolic OH excluding ortho intramolecular Hbond substituents is 1. The summed E-state index contributed by atoms with van der Waals surface area (Å²) in [5.41, 5.74) is 1.01. The molecule has 2 N–H and O–H groups in total. The van der Waals surface area contributed by atoms with Crippen LogP contribution in [0.4, 0.5) is 4.39 Å². The summed E-state index contributed by atoms with van der Waals surface area (Å²) < 4.78 is 18.8. The average Bonchev–Trinajstić information content (AvgIpc) is 2.98. The predicted octanol–water partition coefficient (Wildman–Crippen LogP) is 2.99. The summed E-state index contributed by atoms with van der Waals surface area (Å²) >= 11 is 0. The Labute approximate surface area is 120 Å². The molecule has 0 radical (unpaired) electrons. The first-order valence-corrected chi connectivity index (χ1v) is 6.23. The van der Waals surface area contributed by atoms with Gasteiger partial charge in [-0.15, -0.1) is 0 Å². The number of rotatable bonds is 3. The van der Waals surface area contributed by atoms with Crippen molar-refractivity contribution in [2.75, 3.05) is 7.11 Å². The van der Waals surface area contributed by atoms with Gasteiger partial charge in [0.15, 0.2) is 23.1 Å². The summed E-state index contributed by atoms with van der Waals surface area (Å²) in [4.78, 5) is 4.27. The lowest BCUT2D eigenvalue weighted by molar-refractivity contribution is 0.373. The first-order chi connectivity index (χ1) is 10.2. The maximum absolute atomic E-state index is 13.7. The third-order valence-corrected chi connectivity index (χ3v) is 3.05. The SMILES string of the molecule is COc1cc(-c2n[nH]c(-c3ccccc3F)n2)ccc1O. The number of ether oxygens (including phenoxy) is 1. The van der Waals surface area contributed by atoms with E-state index in [1.807, 2.05) is 0 Å². The van der Waals surface area contributed by atoms with E-state index in [0.29, 0.717) is 28.5 Å². The number of aromatic amines is 1. The number of hydrogen-bond acceptors (Lipinski definition) is 4. The number of hydrogen-bond donors (Lipinski definition) is 2. The van der Waals surface area contributed by atoms with Gasteiger partial charge in [-0.25, -0.2) is 9.37 Å². The van der Waals surface area contributed by atoms with Crippen LogP contribution in [-0.2, 0) is 0 Å². The lowest BCUT2D eigenvalue weighted by Crippen LogP contribution is -1.87. The summed E-state index contributed by atoms with van der Waals surface area (Å²) in [5.74, 6) is 0.723. The van der Waals surface area contributed by atoms with Gasteiger partial charge < -0.3 is 9.84 Å². The third kappa shape index (κ3) is 2.43. The van der Waals surface area contributed by atoms with Crippen LogP contribution >= 0.6 is 0 Å². The Balaban J connectivity index is 2.01. The van der Waals surface area contributed by atoms with Crippen molar-refractivity contribution < 1.29 is 14.2 Å². The number of nitrogens with one attached hydrogen (secondary N) is 1. The van der Waals surface area contributed by atoms with Crippen LogP contribution in [0.1, 0.15) is 0 Å². The molecule has 0 bridgehead atoms. The fourth-order valence-electron chi connectivity index (χ4n) is 1.98. The number of nitrogens with zero attached hydrogens (tertiary/aromatic N) is 2. The van der Waals surface area contributed by atoms with Gasteiger partial charge in [-0.3, -0.25) is 5.10 Å². The van der Waals surface area contributed by atoms with Crippen LogP contribution in [0, 0.1) is 5.82 Å². The summed E-state index contributed by atoms with van der Waals surface area (Å²) in [6.07, 6.45) is 0. The van der Waals surface area contributed by atoms with E-state index in [2.05, 4.69) is 15.2 Å². The molecule has 0 aliphatic carbocycles. The average molecular weight is 285 g/mol. The van der Waals surface area contributed by atoms with Gasteiger partial charge in [-0.2, -0.15) is 5.10 Å². The molecule has 0 aliphatic rings. The Kier molecular flexibility index (Phi) is 3.27. The van der Waals surface area contributed by atoms with Crippen molar-refractivity contribution in [3.8, 4) is 34.3 Å². The molecule has 0 saturated heterocycles. The predicted molar refractivity (Wildman–Crippen MR) is 75.4 cm³/mol. The summed E-state index contributed by atoms with van der Waals surface area (Å²) in [5, 5.41) is 16.4. The minimum Gasteiger partial charge on any atom is -0.504 e. The first-order valence-electron chi connectivity index (χ1n) is 6.23. The van der Waals surface area contributed by atoms with E-state index in [1.54, 1.807) is 30.3 Å². The van der Waals surface area contributed by atoms with Gasteiger partial charge in [0.05, 0.1) is 12.7 Å². The number of aromatic nitrogens is 3. The highest BCUT2D eigenvalue weighted by Gasteiger charge is 2.12. The molecule has 0 saturated carbocycles. The zero-order valence-electron chi connectivity index (χ0n) is 11.2. The molecule has 106 valence electrons. The van der Waals surface area contributed by atoms with E-state index in [1.165, 1.54) is 19.2 Å². The minimum absolute atomic E-state index is 0.0334. The maximum Gasteiger partial charge on any atom is 0.181 e. The number of benzene rings is 2. The monoisotopic (exact) mass is 285 g/mol. The first kappa shape index (κ1) is 13.1. The fraction of sp³-hybridized carbons (Fsp3) is 0.0667. The van der Waals surface area contributed by atoms with E-state index < -0.39 is 0 Å². The zero-order chi connectivity index (χ0) is 14.8. The molecule has 1 heterocycles. The van der Waals surface area contributed by atoms with Gasteiger partial charge in [0.1, 0.15) is 5.82 Å². The second-order valence-corrected chi connectivity index (χ2v) is 4.37. The molecular weight excluding hydrogens is 273 g/mol. The van der Waals surface area contributed by atoms with Crippen molar-refractivity contribution >= 4 is 0 Å². The standard InChI is InChI=1S/C15H12FN3O2/c1-21-13-8-9(6-7-12(13)20)14-17-15(19-18-14)10-4-2-3-5-11(10)16/h2-8,20H,1H3,(H,17,18,19). The van der Waals surface area contributed by atoms with Gasteiger partial charge in [0.25, 0.3) is 0 Å². The van der Waals surface area contributed by atoms with Crippen LogP contribution in [0.15, 0.2) is 42.5 Å². The normalized spacial score (nSPS) is 10.6. The van der Waals surface area contributed by atoms with Crippen molar-refractivity contribution in [2.45, 2.75) is 0 Å². The van der Waals surface area contributed by atoms with E-state index in [0.717, 1.165) is 0 Å². The Bertz CT molecular complexity index is 786. The van der Waals surface area contributed by atoms with Gasteiger partial charge in [0, 0.05) is 5.56 Å². The molecule has 3 rings (SSSR count). The van der Waals surface area contributed by atoms with Crippen molar-refractivity contribution in [3.05, 3.63) is 48.3 Å². The van der Waals surface area contributed by atoms with Crippen LogP contribution in [0.5, 0.6) is 11.5 Å². The summed E-state index contributed by atoms with van der Waals surface area (Å²) in [7, 11) is 1.46. The second-order valence-electron chi connectivity index (χ2n) is 4.37. The summed E-state index contributed by atoms with van der Waals surface area (Å²) in [6.45, 7) is 0. The van der Waals surface area contributed by atoms with Crippen molar-refractivity contribution in [1.29, 1.82) is 0 Å². The molecule has 3 aromatic rings. The molecule has 0 unspecified atom stereocenters. The Hall–Kier alpha value is -2.89. The maximum atomic E-state index is 13.7. The quantitative estimate of drug-likeness (QED) is 0.776. The summed E-state index contributed by atoms with van der Waals surface area (Å²) in [6, 6.07) is 11.1. The van der Waals surface area contributed by atoms with Gasteiger partial charge in [-0.1, -0.05) is 12.1 Å². The van der Waals surface area contributed by atoms with Crippen molar-refractivity contribution in [2.24, 2.45) is 0 Å². The molecule has 0 spiro atoms. The molecule has 5 nitrogen and oxygen atoms in total. The molecule has 0 fully saturated rings. The van der Waals surface area contributed by atoms with Gasteiger partial charge in [-0.05, 0) is 30.3 Å². The van der Waals surface area contributed by atoms with Crippen molar-refractivity contribution in [3.63, 3.8) is 0 Å². The second kappa shape index (κ2) is 5.24. The number of methoxy groups -OCH3 is 1. The van der Waals surface area contributed by atoms with Crippen LogP contribution < -0.4 is 4.74 Å². The molecular formula is C15H12FN3O2. The molecule has 2 aromatic carbocycles. The lowest BCUT2D eigenvalue weighted by Gasteiger charge is -2.03. The molecule has 0 amide bonds. The molecule has 21 heavy (non-hydrogen) atoms. The van der Waals surface area contributed by atoms with E-state index >= 15 is 0 Å². The highest BCUT2D eigenvalue weighted by atomic mass is 19.1. The Morgan fingerprint density at radius 3 is 2.76 bits per heavy atom. The zero-order valence-corrected chi connectivity index (χ0v) is 11.2. The molecule has 6 heteroatoms. The Morgan fingerprint density at radius 1 is 1.19 bits per heavy atom. The number of halogens is 1. The van der Waals surface area contributed by atoms with Crippen molar-refractivity contribution in [1.82, 2.24) is 15.2 Å². The molecule has 0 aliphatic heterocycles. The number of aromatic hydroxyl groups is 1. The van der Waals surface area contributed by atoms with Crippen LogP contribution in [0.25, 0.3) is 22.8 Å². The van der Waals surface area contributed by atoms with Crippen LogP contribution in [0.3, 0.4) is 0 Å². The lowest BCUT2D eigenvalue weighted by atomic mass is 10.2. The fourth-order valence-corrected chi connectivity index (χ4v) is 1.98. The third-order valence-electron chi connectivity index (χ3n) is 3.05. The highest BCUT2D eigenvalue weighted by molar-refractivity contribution is 5.64. The largest absolute Gasteiger partial charge is 0.504 e. The topological polar surface area (TPSA) is 71.0 Å². The highest BCUT2D eigenvalue weighted by Crippen LogP contribution is 2.30. The Morgan fingerprint density at radius 2 is 2.00 bits per heavy atom. The molecule has 1 aromatic heterocycles. The van der Waals surface area contributed by atoms with Gasteiger partial charge in [0.2, 0.25) is 0 Å².